The molecule has 3 aromatic carbocycles. The summed E-state index contributed by atoms with van der Waals surface area (Å²) in [4.78, 5) is 0. The molecule has 4 heteroatoms. The van der Waals surface area contributed by atoms with E-state index >= 15 is 0 Å². The molecule has 0 aromatic heterocycles. The molecule has 0 amide bonds. The fraction of sp³-hybridized carbons (Fsp3) is 0.0667. The molecule has 0 aliphatic carbocycles. The molecule has 0 fully saturated rings. The Bertz CT molecular complexity index is 867. The molecule has 0 aliphatic heterocycles. The van der Waals surface area contributed by atoms with Gasteiger partial charge in [-0.25, -0.2) is 0 Å². The van der Waals surface area contributed by atoms with Crippen LogP contribution >= 0.6 is 0 Å². The lowest BCUT2D eigenvalue weighted by Crippen LogP contribution is -2.05. The monoisotopic (exact) mass is 272 g/mol. The second kappa shape index (κ2) is 4.24. The lowest BCUT2D eigenvalue weighted by Gasteiger charge is -2.09. The van der Waals surface area contributed by atoms with E-state index in [0.717, 1.165) is 27.8 Å². The molecule has 0 radical (unpaired) electrons. The van der Waals surface area contributed by atoms with Gasteiger partial charge in [-0.15, -0.1) is 0 Å². The lowest BCUT2D eigenvalue weighted by atomic mass is 10.0. The molecule has 0 spiro atoms. The average Bonchev–Trinajstić information content (AvgIpc) is 2.37. The zero-order valence-corrected chi connectivity index (χ0v) is 11.1. The third-order valence-electron chi connectivity index (χ3n) is 2.99. The summed E-state index contributed by atoms with van der Waals surface area (Å²) in [5.41, 5.74) is 0. The van der Waals surface area contributed by atoms with Crippen LogP contribution in [0.4, 0.5) is 0 Å². The van der Waals surface area contributed by atoms with Crippen molar-refractivity contribution in [2.75, 3.05) is 6.26 Å². The molecule has 0 aliphatic rings. The van der Waals surface area contributed by atoms with Gasteiger partial charge in [0.05, 0.1) is 6.26 Å². The standard InChI is InChI=1S/C15H12O3S/c1-19(16,17)18-15-8-4-7-13-12-6-3-2-5-11(12)9-10-14(13)15/h2-10H,1H3. The molecule has 0 atom stereocenters. The first-order valence-corrected chi connectivity index (χ1v) is 7.66. The highest BCUT2D eigenvalue weighted by Crippen LogP contribution is 2.31. The molecule has 3 nitrogen and oxygen atoms in total. The highest BCUT2D eigenvalue weighted by atomic mass is 32.2. The first-order chi connectivity index (χ1) is 9.04. The van der Waals surface area contributed by atoms with Crippen molar-refractivity contribution in [2.45, 2.75) is 0 Å². The van der Waals surface area contributed by atoms with Gasteiger partial charge >= 0.3 is 10.1 Å². The number of rotatable bonds is 2. The maximum Gasteiger partial charge on any atom is 0.306 e. The van der Waals surface area contributed by atoms with E-state index in [4.69, 9.17) is 4.18 Å². The highest BCUT2D eigenvalue weighted by Gasteiger charge is 2.09. The van der Waals surface area contributed by atoms with Crippen LogP contribution in [-0.4, -0.2) is 14.7 Å². The van der Waals surface area contributed by atoms with E-state index in [1.807, 2.05) is 42.5 Å². The predicted octanol–water partition coefficient (Wildman–Crippen LogP) is 3.33. The molecule has 0 bridgehead atoms. The van der Waals surface area contributed by atoms with Crippen LogP contribution in [0.25, 0.3) is 21.5 Å². The molecule has 0 unspecified atom stereocenters. The molecule has 19 heavy (non-hydrogen) atoms. The van der Waals surface area contributed by atoms with Crippen molar-refractivity contribution >= 4 is 31.7 Å². The number of fused-ring (bicyclic) bond motifs is 3. The van der Waals surface area contributed by atoms with Gasteiger partial charge in [0.2, 0.25) is 0 Å². The first-order valence-electron chi connectivity index (χ1n) is 5.84. The first kappa shape index (κ1) is 12.0. The maximum absolute atomic E-state index is 11.3. The van der Waals surface area contributed by atoms with Gasteiger partial charge in [-0.2, -0.15) is 8.42 Å². The Morgan fingerprint density at radius 2 is 1.53 bits per heavy atom. The second-order valence-electron chi connectivity index (χ2n) is 4.43. The summed E-state index contributed by atoms with van der Waals surface area (Å²) in [5.74, 6) is 0.366. The van der Waals surface area contributed by atoms with E-state index in [2.05, 4.69) is 0 Å². The van der Waals surface area contributed by atoms with Gasteiger partial charge in [-0.05, 0) is 28.3 Å². The van der Waals surface area contributed by atoms with Crippen LogP contribution in [0, 0.1) is 0 Å². The van der Waals surface area contributed by atoms with E-state index in [1.165, 1.54) is 0 Å². The van der Waals surface area contributed by atoms with Crippen LogP contribution < -0.4 is 4.18 Å². The number of benzene rings is 3. The van der Waals surface area contributed by atoms with Gasteiger partial charge < -0.3 is 4.18 Å². The minimum atomic E-state index is -3.52. The fourth-order valence-corrected chi connectivity index (χ4v) is 2.72. The lowest BCUT2D eigenvalue weighted by molar-refractivity contribution is 0.496. The van der Waals surface area contributed by atoms with Crippen LogP contribution in [-0.2, 0) is 10.1 Å². The molecule has 0 heterocycles. The van der Waals surface area contributed by atoms with Crippen LogP contribution in [0.1, 0.15) is 0 Å². The van der Waals surface area contributed by atoms with Gasteiger partial charge in [0.15, 0.2) is 0 Å². The molecule has 96 valence electrons. The zero-order valence-electron chi connectivity index (χ0n) is 10.3. The third kappa shape index (κ3) is 2.27. The smallest absolute Gasteiger partial charge is 0.306 e. The van der Waals surface area contributed by atoms with E-state index in [-0.39, 0.29) is 0 Å². The largest absolute Gasteiger partial charge is 0.382 e. The van der Waals surface area contributed by atoms with E-state index in [0.29, 0.717) is 5.75 Å². The summed E-state index contributed by atoms with van der Waals surface area (Å²) in [6, 6.07) is 17.3. The Morgan fingerprint density at radius 3 is 2.32 bits per heavy atom. The molecule has 3 rings (SSSR count). The van der Waals surface area contributed by atoms with Gasteiger partial charge in [0, 0.05) is 5.39 Å². The van der Waals surface area contributed by atoms with Gasteiger partial charge in [0.1, 0.15) is 5.75 Å². The molecule has 0 saturated heterocycles. The van der Waals surface area contributed by atoms with Crippen molar-refractivity contribution in [1.82, 2.24) is 0 Å². The highest BCUT2D eigenvalue weighted by molar-refractivity contribution is 7.86. The van der Waals surface area contributed by atoms with Crippen molar-refractivity contribution in [1.29, 1.82) is 0 Å². The summed E-state index contributed by atoms with van der Waals surface area (Å²) >= 11 is 0. The Kier molecular flexibility index (Phi) is 2.68. The molecular weight excluding hydrogens is 260 g/mol. The summed E-state index contributed by atoms with van der Waals surface area (Å²) in [6.45, 7) is 0. The summed E-state index contributed by atoms with van der Waals surface area (Å²) in [6.07, 6.45) is 1.05. The topological polar surface area (TPSA) is 43.4 Å². The van der Waals surface area contributed by atoms with Crippen molar-refractivity contribution in [3.63, 3.8) is 0 Å². The van der Waals surface area contributed by atoms with E-state index in [1.54, 1.807) is 12.1 Å². The number of hydrogen-bond acceptors (Lipinski definition) is 3. The Balaban J connectivity index is 2.35. The maximum atomic E-state index is 11.3. The molecule has 3 aromatic rings. The Morgan fingerprint density at radius 1 is 0.789 bits per heavy atom. The SMILES string of the molecule is CS(=O)(=O)Oc1cccc2c1ccc1ccccc12. The van der Waals surface area contributed by atoms with Crippen LogP contribution in [0.3, 0.4) is 0 Å². The summed E-state index contributed by atoms with van der Waals surface area (Å²) in [5, 5.41) is 3.98. The van der Waals surface area contributed by atoms with Crippen molar-refractivity contribution in [3.8, 4) is 5.75 Å². The number of hydrogen-bond donors (Lipinski definition) is 0. The fourth-order valence-electron chi connectivity index (χ4n) is 2.25. The predicted molar refractivity (Wildman–Crippen MR) is 76.9 cm³/mol. The Labute approximate surface area is 111 Å². The van der Waals surface area contributed by atoms with Crippen molar-refractivity contribution in [3.05, 3.63) is 54.6 Å². The normalized spacial score (nSPS) is 11.8. The van der Waals surface area contributed by atoms with Crippen LogP contribution in [0.15, 0.2) is 54.6 Å². The van der Waals surface area contributed by atoms with E-state index in [9.17, 15) is 8.42 Å². The molecule has 0 saturated carbocycles. The third-order valence-corrected chi connectivity index (χ3v) is 3.47. The second-order valence-corrected chi connectivity index (χ2v) is 6.00. The average molecular weight is 272 g/mol. The van der Waals surface area contributed by atoms with Crippen molar-refractivity contribution in [2.24, 2.45) is 0 Å². The zero-order chi connectivity index (χ0) is 13.5. The summed E-state index contributed by atoms with van der Waals surface area (Å²) in [7, 11) is -3.52. The minimum Gasteiger partial charge on any atom is -0.382 e. The Hall–Kier alpha value is -2.07. The van der Waals surface area contributed by atoms with Gasteiger partial charge in [0.25, 0.3) is 0 Å². The van der Waals surface area contributed by atoms with E-state index < -0.39 is 10.1 Å². The molecular formula is C15H12O3S. The van der Waals surface area contributed by atoms with Crippen molar-refractivity contribution < 1.29 is 12.6 Å². The van der Waals surface area contributed by atoms with Crippen LogP contribution in [0.2, 0.25) is 0 Å². The van der Waals surface area contributed by atoms with Crippen LogP contribution in [0.5, 0.6) is 5.75 Å². The quantitative estimate of drug-likeness (QED) is 0.531. The van der Waals surface area contributed by atoms with Gasteiger partial charge in [-0.1, -0.05) is 42.5 Å². The summed E-state index contributed by atoms with van der Waals surface area (Å²) < 4.78 is 27.6. The minimum absolute atomic E-state index is 0.366. The van der Waals surface area contributed by atoms with Gasteiger partial charge in [-0.3, -0.25) is 0 Å². The molecule has 0 N–H and O–H groups in total.